The van der Waals surface area contributed by atoms with Crippen LogP contribution in [-0.2, 0) is 0 Å². The normalized spacial score (nSPS) is 10.4. The molecule has 0 spiro atoms. The van der Waals surface area contributed by atoms with E-state index in [1.54, 1.807) is 24.5 Å². The topological polar surface area (TPSA) is 81.2 Å². The number of amides is 1. The number of carbonyl (C=O) groups is 1. The molecule has 0 N–H and O–H groups in total. The van der Waals surface area contributed by atoms with E-state index in [4.69, 9.17) is 0 Å². The van der Waals surface area contributed by atoms with Crippen molar-refractivity contribution >= 4 is 6.03 Å². The molecule has 0 aromatic carbocycles. The third kappa shape index (κ3) is 2.40. The molecule has 0 aliphatic rings. The molecule has 0 bridgehead atoms. The minimum absolute atomic E-state index is 0.185. The van der Waals surface area contributed by atoms with E-state index in [0.29, 0.717) is 18.7 Å². The zero-order valence-electron chi connectivity index (χ0n) is 10.7. The van der Waals surface area contributed by atoms with Crippen LogP contribution in [-0.4, -0.2) is 38.7 Å². The van der Waals surface area contributed by atoms with Crippen LogP contribution >= 0.6 is 0 Å². The molecule has 0 unspecified atom stereocenters. The number of carbonyl (C=O) groups excluding carboxylic acids is 1. The molecule has 7 heteroatoms. The molecule has 2 heterocycles. The number of pyridine rings is 1. The summed E-state index contributed by atoms with van der Waals surface area (Å²) in [5.74, 6) is -0.604. The molecule has 2 aromatic heterocycles. The summed E-state index contributed by atoms with van der Waals surface area (Å²) in [4.78, 5) is 29.3. The van der Waals surface area contributed by atoms with Gasteiger partial charge in [0.1, 0.15) is 0 Å². The average molecular weight is 262 g/mol. The lowest BCUT2D eigenvalue weighted by Gasteiger charge is -2.18. The Morgan fingerprint density at radius 1 is 1.32 bits per heavy atom. The second kappa shape index (κ2) is 5.47. The Labute approximate surface area is 109 Å². The van der Waals surface area contributed by atoms with Crippen LogP contribution < -0.4 is 5.76 Å². The Kier molecular flexibility index (Phi) is 3.74. The Balaban J connectivity index is 2.50. The Morgan fingerprint density at radius 2 is 1.95 bits per heavy atom. The van der Waals surface area contributed by atoms with Gasteiger partial charge in [-0.05, 0) is 26.0 Å². The summed E-state index contributed by atoms with van der Waals surface area (Å²) in [6.07, 6.45) is 3.11. The SMILES string of the molecule is CCN(CC)C(=O)n1c(-c2ccncc2)noc1=O. The van der Waals surface area contributed by atoms with Crippen molar-refractivity contribution in [1.29, 1.82) is 0 Å². The minimum Gasteiger partial charge on any atom is -0.324 e. The molecule has 0 radical (unpaired) electrons. The fourth-order valence-electron chi connectivity index (χ4n) is 1.74. The first-order valence-corrected chi connectivity index (χ1v) is 5.97. The Hall–Kier alpha value is -2.44. The third-order valence-electron chi connectivity index (χ3n) is 2.77. The molecule has 7 nitrogen and oxygen atoms in total. The molecule has 100 valence electrons. The maximum atomic E-state index is 12.3. The van der Waals surface area contributed by atoms with Gasteiger partial charge in [-0.25, -0.2) is 9.59 Å². The van der Waals surface area contributed by atoms with Gasteiger partial charge in [-0.3, -0.25) is 9.51 Å². The first-order valence-electron chi connectivity index (χ1n) is 5.97. The van der Waals surface area contributed by atoms with Gasteiger partial charge in [0.05, 0.1) is 0 Å². The average Bonchev–Trinajstić information content (AvgIpc) is 2.83. The summed E-state index contributed by atoms with van der Waals surface area (Å²) in [5, 5.41) is 3.66. The Morgan fingerprint density at radius 3 is 2.53 bits per heavy atom. The smallest absolute Gasteiger partial charge is 0.324 e. The van der Waals surface area contributed by atoms with Crippen LogP contribution in [0.3, 0.4) is 0 Å². The fraction of sp³-hybridized carbons (Fsp3) is 0.333. The van der Waals surface area contributed by atoms with Gasteiger partial charge in [0.15, 0.2) is 5.82 Å². The van der Waals surface area contributed by atoms with E-state index in [1.165, 1.54) is 4.90 Å². The molecular formula is C12H14N4O3. The molecule has 0 saturated heterocycles. The van der Waals surface area contributed by atoms with E-state index < -0.39 is 11.8 Å². The number of rotatable bonds is 3. The second-order valence-electron chi connectivity index (χ2n) is 3.80. The summed E-state index contributed by atoms with van der Waals surface area (Å²) in [7, 11) is 0. The molecule has 0 aliphatic carbocycles. The molecular weight excluding hydrogens is 248 g/mol. The van der Waals surface area contributed by atoms with Crippen LogP contribution in [0.25, 0.3) is 11.4 Å². The minimum atomic E-state index is -0.788. The van der Waals surface area contributed by atoms with Crippen molar-refractivity contribution in [2.45, 2.75) is 13.8 Å². The molecule has 19 heavy (non-hydrogen) atoms. The quantitative estimate of drug-likeness (QED) is 0.830. The van der Waals surface area contributed by atoms with Gasteiger partial charge in [0, 0.05) is 31.0 Å². The van der Waals surface area contributed by atoms with E-state index in [1.807, 2.05) is 13.8 Å². The highest BCUT2D eigenvalue weighted by Gasteiger charge is 2.22. The predicted octanol–water partition coefficient (Wildman–Crippen LogP) is 1.21. The molecule has 0 fully saturated rings. The van der Waals surface area contributed by atoms with Gasteiger partial charge >= 0.3 is 11.8 Å². The summed E-state index contributed by atoms with van der Waals surface area (Å²) >= 11 is 0. The maximum absolute atomic E-state index is 12.3. The van der Waals surface area contributed by atoms with E-state index in [0.717, 1.165) is 4.57 Å². The second-order valence-corrected chi connectivity index (χ2v) is 3.80. The summed E-state index contributed by atoms with van der Waals surface area (Å²) in [6.45, 7) is 4.68. The van der Waals surface area contributed by atoms with Gasteiger partial charge in [-0.15, -0.1) is 0 Å². The predicted molar refractivity (Wildman–Crippen MR) is 67.7 cm³/mol. The van der Waals surface area contributed by atoms with Crippen LogP contribution in [0.2, 0.25) is 0 Å². The van der Waals surface area contributed by atoms with Crippen molar-refractivity contribution in [3.05, 3.63) is 35.1 Å². The van der Waals surface area contributed by atoms with Crippen molar-refractivity contribution in [2.75, 3.05) is 13.1 Å². The van der Waals surface area contributed by atoms with E-state index in [2.05, 4.69) is 14.7 Å². The maximum Gasteiger partial charge on any atom is 0.450 e. The van der Waals surface area contributed by atoms with Crippen molar-refractivity contribution in [3.8, 4) is 11.4 Å². The van der Waals surface area contributed by atoms with Gasteiger partial charge in [-0.1, -0.05) is 5.16 Å². The van der Waals surface area contributed by atoms with Gasteiger partial charge in [0.25, 0.3) is 0 Å². The van der Waals surface area contributed by atoms with Crippen LogP contribution in [0.5, 0.6) is 0 Å². The van der Waals surface area contributed by atoms with Gasteiger partial charge < -0.3 is 4.90 Å². The highest BCUT2D eigenvalue weighted by Crippen LogP contribution is 2.14. The van der Waals surface area contributed by atoms with E-state index in [9.17, 15) is 9.59 Å². The van der Waals surface area contributed by atoms with Crippen LogP contribution in [0.4, 0.5) is 4.79 Å². The van der Waals surface area contributed by atoms with Gasteiger partial charge in [0.2, 0.25) is 0 Å². The molecule has 1 amide bonds. The lowest BCUT2D eigenvalue weighted by Crippen LogP contribution is -2.38. The first kappa shape index (κ1) is 13.0. The van der Waals surface area contributed by atoms with Crippen LogP contribution in [0.1, 0.15) is 13.8 Å². The summed E-state index contributed by atoms with van der Waals surface area (Å²) in [6, 6.07) is 2.87. The molecule has 0 aliphatic heterocycles. The summed E-state index contributed by atoms with van der Waals surface area (Å²) in [5.41, 5.74) is 0.598. The lowest BCUT2D eigenvalue weighted by atomic mass is 10.2. The standard InChI is InChI=1S/C12H14N4O3/c1-3-15(4-2)11(17)16-10(14-19-12(16)18)9-5-7-13-8-6-9/h5-8H,3-4H2,1-2H3. The van der Waals surface area contributed by atoms with Crippen molar-refractivity contribution in [3.63, 3.8) is 0 Å². The number of hydrogen-bond donors (Lipinski definition) is 0. The number of nitrogens with zero attached hydrogens (tertiary/aromatic N) is 4. The number of aromatic nitrogens is 3. The zero-order chi connectivity index (χ0) is 13.8. The molecule has 0 atom stereocenters. The highest BCUT2D eigenvalue weighted by molar-refractivity contribution is 5.80. The molecule has 2 aromatic rings. The fourth-order valence-corrected chi connectivity index (χ4v) is 1.74. The van der Waals surface area contributed by atoms with E-state index >= 15 is 0 Å². The Bertz CT molecular complexity index is 613. The summed E-state index contributed by atoms with van der Waals surface area (Å²) < 4.78 is 5.53. The first-order chi connectivity index (χ1) is 9.19. The van der Waals surface area contributed by atoms with E-state index in [-0.39, 0.29) is 5.82 Å². The highest BCUT2D eigenvalue weighted by atomic mass is 16.5. The lowest BCUT2D eigenvalue weighted by molar-refractivity contribution is 0.203. The van der Waals surface area contributed by atoms with Crippen molar-refractivity contribution in [1.82, 2.24) is 19.6 Å². The van der Waals surface area contributed by atoms with Crippen molar-refractivity contribution in [2.24, 2.45) is 0 Å². The molecule has 0 saturated carbocycles. The van der Waals surface area contributed by atoms with Crippen LogP contribution in [0.15, 0.2) is 33.8 Å². The third-order valence-corrected chi connectivity index (χ3v) is 2.77. The largest absolute Gasteiger partial charge is 0.450 e. The molecule has 2 rings (SSSR count). The van der Waals surface area contributed by atoms with Gasteiger partial charge in [-0.2, -0.15) is 4.57 Å². The zero-order valence-corrected chi connectivity index (χ0v) is 10.7. The number of hydrogen-bond acceptors (Lipinski definition) is 5. The van der Waals surface area contributed by atoms with Crippen molar-refractivity contribution < 1.29 is 9.32 Å². The van der Waals surface area contributed by atoms with Crippen LogP contribution in [0, 0.1) is 0 Å². The monoisotopic (exact) mass is 262 g/mol.